The minimum Gasteiger partial charge on any atom is -0.497 e. The van der Waals surface area contributed by atoms with Gasteiger partial charge in [0.1, 0.15) is 22.5 Å². The number of anilines is 1. The van der Waals surface area contributed by atoms with E-state index in [1.165, 1.54) is 26.2 Å². The van der Waals surface area contributed by atoms with Crippen molar-refractivity contribution in [2.45, 2.75) is 76.4 Å². The molecule has 11 heteroatoms. The minimum atomic E-state index is -4.67. The van der Waals surface area contributed by atoms with Gasteiger partial charge in [-0.3, -0.25) is 9.35 Å². The third-order valence-electron chi connectivity index (χ3n) is 5.94. The SMILES string of the molecule is CCOC(C(=O)OC(CCCC(C)=O)CC(=O)Nc1ccc(OC)cc1S(=O)(=O)O)c1ccc(C(C)C)cc1. The summed E-state index contributed by atoms with van der Waals surface area (Å²) in [6.45, 7) is 7.56. The average Bonchev–Trinajstić information content (AvgIpc) is 2.86. The maximum atomic E-state index is 13.2. The number of rotatable bonds is 15. The second-order valence-electron chi connectivity index (χ2n) is 9.40. The molecule has 0 radical (unpaired) electrons. The van der Waals surface area contributed by atoms with Gasteiger partial charge in [0, 0.05) is 19.1 Å². The molecule has 2 N–H and O–H groups in total. The molecule has 1 amide bonds. The smallest absolute Gasteiger partial charge is 0.340 e. The summed E-state index contributed by atoms with van der Waals surface area (Å²) in [5.74, 6) is -0.899. The van der Waals surface area contributed by atoms with E-state index in [2.05, 4.69) is 19.2 Å². The molecule has 10 nitrogen and oxygen atoms in total. The zero-order valence-electron chi connectivity index (χ0n) is 22.9. The van der Waals surface area contributed by atoms with Crippen LogP contribution in [0, 0.1) is 0 Å². The lowest BCUT2D eigenvalue weighted by Gasteiger charge is -2.22. The van der Waals surface area contributed by atoms with Crippen LogP contribution < -0.4 is 10.1 Å². The number of methoxy groups -OCH3 is 1. The van der Waals surface area contributed by atoms with Crippen molar-refractivity contribution in [2.75, 3.05) is 19.0 Å². The highest BCUT2D eigenvalue weighted by atomic mass is 32.2. The van der Waals surface area contributed by atoms with E-state index in [4.69, 9.17) is 14.2 Å². The summed E-state index contributed by atoms with van der Waals surface area (Å²) >= 11 is 0. The fourth-order valence-electron chi connectivity index (χ4n) is 3.88. The summed E-state index contributed by atoms with van der Waals surface area (Å²) in [6, 6.07) is 11.2. The van der Waals surface area contributed by atoms with Crippen LogP contribution in [0.5, 0.6) is 5.75 Å². The van der Waals surface area contributed by atoms with E-state index >= 15 is 0 Å². The number of benzene rings is 2. The monoisotopic (exact) mass is 563 g/mol. The Labute approximate surface area is 229 Å². The third-order valence-corrected chi connectivity index (χ3v) is 6.84. The van der Waals surface area contributed by atoms with Crippen LogP contribution in [0.1, 0.15) is 76.5 Å². The lowest BCUT2D eigenvalue weighted by atomic mass is 10.00. The molecule has 2 aromatic carbocycles. The molecular formula is C28H37NO9S. The van der Waals surface area contributed by atoms with Crippen molar-refractivity contribution in [2.24, 2.45) is 0 Å². The predicted molar refractivity (Wildman–Crippen MR) is 145 cm³/mol. The zero-order valence-corrected chi connectivity index (χ0v) is 23.7. The van der Waals surface area contributed by atoms with E-state index < -0.39 is 39.1 Å². The molecule has 0 aliphatic carbocycles. The van der Waals surface area contributed by atoms with Crippen molar-refractivity contribution in [3.63, 3.8) is 0 Å². The van der Waals surface area contributed by atoms with Crippen LogP contribution in [-0.2, 0) is 34.0 Å². The molecule has 0 saturated heterocycles. The van der Waals surface area contributed by atoms with Crippen LogP contribution in [0.25, 0.3) is 0 Å². The summed E-state index contributed by atoms with van der Waals surface area (Å²) < 4.78 is 49.6. The molecular weight excluding hydrogens is 526 g/mol. The normalized spacial score (nSPS) is 13.0. The van der Waals surface area contributed by atoms with Crippen LogP contribution in [0.15, 0.2) is 47.4 Å². The van der Waals surface area contributed by atoms with Gasteiger partial charge in [-0.2, -0.15) is 8.42 Å². The molecule has 0 aromatic heterocycles. The molecule has 0 fully saturated rings. The van der Waals surface area contributed by atoms with Gasteiger partial charge in [0.15, 0.2) is 6.10 Å². The topological polar surface area (TPSA) is 145 Å². The Balaban J connectivity index is 2.23. The maximum absolute atomic E-state index is 13.2. The van der Waals surface area contributed by atoms with Crippen molar-refractivity contribution in [1.82, 2.24) is 0 Å². The van der Waals surface area contributed by atoms with Gasteiger partial charge in [0.05, 0.1) is 19.2 Å². The Morgan fingerprint density at radius 3 is 2.21 bits per heavy atom. The van der Waals surface area contributed by atoms with Gasteiger partial charge in [0.2, 0.25) is 5.91 Å². The Kier molecular flexibility index (Phi) is 12.1. The highest BCUT2D eigenvalue weighted by molar-refractivity contribution is 7.86. The second-order valence-corrected chi connectivity index (χ2v) is 10.8. The maximum Gasteiger partial charge on any atom is 0.340 e. The van der Waals surface area contributed by atoms with Crippen LogP contribution in [0.3, 0.4) is 0 Å². The Bertz CT molecular complexity index is 1240. The van der Waals surface area contributed by atoms with Crippen LogP contribution in [-0.4, -0.2) is 50.5 Å². The van der Waals surface area contributed by atoms with Gasteiger partial charge in [0.25, 0.3) is 10.1 Å². The Morgan fingerprint density at radius 1 is 1.03 bits per heavy atom. The van der Waals surface area contributed by atoms with Crippen molar-refractivity contribution in [3.05, 3.63) is 53.6 Å². The number of carbonyl (C=O) groups excluding carboxylic acids is 3. The van der Waals surface area contributed by atoms with Crippen LogP contribution in [0.4, 0.5) is 5.69 Å². The van der Waals surface area contributed by atoms with Crippen molar-refractivity contribution >= 4 is 33.5 Å². The summed E-state index contributed by atoms with van der Waals surface area (Å²) in [7, 11) is -3.34. The number of hydrogen-bond donors (Lipinski definition) is 2. The van der Waals surface area contributed by atoms with Crippen molar-refractivity contribution in [3.8, 4) is 5.75 Å². The number of nitrogens with one attached hydrogen (secondary N) is 1. The number of ketones is 1. The molecule has 2 unspecified atom stereocenters. The van der Waals surface area contributed by atoms with Gasteiger partial charge in [-0.05, 0) is 55.9 Å². The molecule has 0 bridgehead atoms. The summed E-state index contributed by atoms with van der Waals surface area (Å²) in [6.07, 6.45) is -1.40. The van der Waals surface area contributed by atoms with Gasteiger partial charge in [-0.25, -0.2) is 4.79 Å². The first kappa shape index (κ1) is 31.9. The van der Waals surface area contributed by atoms with Crippen LogP contribution in [0.2, 0.25) is 0 Å². The molecule has 0 saturated carbocycles. The molecule has 0 spiro atoms. The second kappa shape index (κ2) is 14.8. The van der Waals surface area contributed by atoms with Gasteiger partial charge in [-0.15, -0.1) is 0 Å². The first-order chi connectivity index (χ1) is 18.3. The van der Waals surface area contributed by atoms with Crippen molar-refractivity contribution < 1.29 is 41.6 Å². The molecule has 0 aliphatic rings. The number of carbonyl (C=O) groups is 3. The lowest BCUT2D eigenvalue weighted by Crippen LogP contribution is -2.29. The molecule has 39 heavy (non-hydrogen) atoms. The fraction of sp³-hybridized carbons (Fsp3) is 0.464. The van der Waals surface area contributed by atoms with E-state index in [-0.39, 0.29) is 43.1 Å². The Hall–Kier alpha value is -3.28. The third kappa shape index (κ3) is 10.1. The highest BCUT2D eigenvalue weighted by Crippen LogP contribution is 2.28. The molecule has 0 aliphatic heterocycles. The molecule has 214 valence electrons. The van der Waals surface area contributed by atoms with E-state index in [9.17, 15) is 27.4 Å². The van der Waals surface area contributed by atoms with Gasteiger partial charge >= 0.3 is 5.97 Å². The number of ether oxygens (including phenoxy) is 3. The van der Waals surface area contributed by atoms with Crippen molar-refractivity contribution in [1.29, 1.82) is 0 Å². The van der Waals surface area contributed by atoms with Gasteiger partial charge in [-0.1, -0.05) is 38.1 Å². The fourth-order valence-corrected chi connectivity index (χ4v) is 4.55. The van der Waals surface area contributed by atoms with E-state index in [0.717, 1.165) is 11.6 Å². The Morgan fingerprint density at radius 2 is 1.67 bits per heavy atom. The van der Waals surface area contributed by atoms with Gasteiger partial charge < -0.3 is 24.3 Å². The zero-order chi connectivity index (χ0) is 29.2. The van der Waals surface area contributed by atoms with E-state index in [1.54, 1.807) is 19.1 Å². The minimum absolute atomic E-state index is 0.0435. The molecule has 2 aromatic rings. The standard InChI is InChI=1S/C28H37NO9S/c1-6-37-27(21-12-10-20(11-13-21)18(2)3)28(32)38-23(9-7-8-19(4)30)17-26(31)29-24-15-14-22(36-5)16-25(24)39(33,34)35/h10-16,18,23,27H,6-9,17H2,1-5H3,(H,29,31)(H,33,34,35). The van der Waals surface area contributed by atoms with E-state index in [1.807, 2.05) is 12.1 Å². The molecule has 2 rings (SSSR count). The molecule has 0 heterocycles. The summed E-state index contributed by atoms with van der Waals surface area (Å²) in [5.41, 5.74) is 1.55. The quantitative estimate of drug-likeness (QED) is 0.229. The number of Topliss-reactive ketones (excluding diaryl/α,β-unsaturated/α-hetero) is 1. The van der Waals surface area contributed by atoms with E-state index in [0.29, 0.717) is 17.9 Å². The number of hydrogen-bond acceptors (Lipinski definition) is 8. The number of esters is 1. The first-order valence-electron chi connectivity index (χ1n) is 12.7. The summed E-state index contributed by atoms with van der Waals surface area (Å²) in [5, 5.41) is 2.45. The predicted octanol–water partition coefficient (Wildman–Crippen LogP) is 4.84. The number of amides is 1. The summed E-state index contributed by atoms with van der Waals surface area (Å²) in [4.78, 5) is 37.0. The largest absolute Gasteiger partial charge is 0.497 e. The average molecular weight is 564 g/mol. The first-order valence-corrected chi connectivity index (χ1v) is 14.2. The van der Waals surface area contributed by atoms with Crippen LogP contribution >= 0.6 is 0 Å². The molecule has 2 atom stereocenters. The highest BCUT2D eigenvalue weighted by Gasteiger charge is 2.28. The lowest BCUT2D eigenvalue weighted by molar-refractivity contribution is -0.164.